The van der Waals surface area contributed by atoms with Gasteiger partial charge >= 0.3 is 12.1 Å². The summed E-state index contributed by atoms with van der Waals surface area (Å²) in [6.45, 7) is 4.15. The molecule has 1 fully saturated rings. The van der Waals surface area contributed by atoms with Gasteiger partial charge in [0, 0.05) is 18.7 Å². The molecule has 0 radical (unpaired) electrons. The Hall–Kier alpha value is -3.93. The third-order valence-corrected chi connectivity index (χ3v) is 5.25. The molecule has 0 aliphatic carbocycles. The summed E-state index contributed by atoms with van der Waals surface area (Å²) in [5, 5.41) is 6.43. The van der Waals surface area contributed by atoms with E-state index in [9.17, 15) is 22.8 Å². The van der Waals surface area contributed by atoms with Crippen molar-refractivity contribution in [1.82, 2.24) is 14.8 Å². The largest absolute Gasteiger partial charge is 0.462 e. The van der Waals surface area contributed by atoms with Crippen LogP contribution >= 0.6 is 0 Å². The van der Waals surface area contributed by atoms with Crippen molar-refractivity contribution in [1.29, 1.82) is 0 Å². The summed E-state index contributed by atoms with van der Waals surface area (Å²) in [4.78, 5) is 31.0. The quantitative estimate of drug-likeness (QED) is 0.529. The van der Waals surface area contributed by atoms with Gasteiger partial charge in [0.2, 0.25) is 0 Å². The Morgan fingerprint density at radius 3 is 2.40 bits per heavy atom. The van der Waals surface area contributed by atoms with Crippen molar-refractivity contribution in [3.63, 3.8) is 0 Å². The number of nitrogens with zero attached hydrogens (tertiary/aromatic N) is 4. The molecule has 1 aromatic carbocycles. The second-order valence-corrected chi connectivity index (χ2v) is 7.54. The number of anilines is 2. The number of morpholine rings is 1. The highest BCUT2D eigenvalue weighted by Crippen LogP contribution is 2.34. The summed E-state index contributed by atoms with van der Waals surface area (Å²) in [6, 6.07) is 8.87. The van der Waals surface area contributed by atoms with Crippen molar-refractivity contribution in [2.45, 2.75) is 13.1 Å². The number of rotatable bonds is 6. The van der Waals surface area contributed by atoms with E-state index >= 15 is 0 Å². The Bertz CT molecular complexity index is 1190. The first kappa shape index (κ1) is 24.2. The van der Waals surface area contributed by atoms with E-state index in [2.05, 4.69) is 20.3 Å². The zero-order chi connectivity index (χ0) is 25.0. The maximum absolute atomic E-state index is 13.7. The van der Waals surface area contributed by atoms with E-state index in [-0.39, 0.29) is 17.9 Å². The van der Waals surface area contributed by atoms with Crippen LogP contribution in [-0.2, 0) is 15.7 Å². The molecule has 1 aliphatic heterocycles. The molecule has 0 atom stereocenters. The molecule has 2 aromatic heterocycles. The van der Waals surface area contributed by atoms with Gasteiger partial charge in [0.05, 0.1) is 43.6 Å². The molecule has 9 nitrogen and oxygen atoms in total. The number of hydrogen-bond acceptors (Lipinski definition) is 7. The van der Waals surface area contributed by atoms with Crippen molar-refractivity contribution in [2.24, 2.45) is 0 Å². The van der Waals surface area contributed by atoms with Crippen LogP contribution in [-0.4, -0.2) is 59.6 Å². The van der Waals surface area contributed by atoms with Crippen molar-refractivity contribution in [2.75, 3.05) is 43.1 Å². The summed E-state index contributed by atoms with van der Waals surface area (Å²) >= 11 is 0. The summed E-state index contributed by atoms with van der Waals surface area (Å²) in [7, 11) is 0. The monoisotopic (exact) mass is 489 g/mol. The van der Waals surface area contributed by atoms with Crippen molar-refractivity contribution in [3.05, 3.63) is 65.6 Å². The maximum Gasteiger partial charge on any atom is 0.434 e. The Morgan fingerprint density at radius 2 is 1.80 bits per heavy atom. The molecule has 1 aliphatic rings. The van der Waals surface area contributed by atoms with E-state index in [1.807, 2.05) is 0 Å². The minimum absolute atomic E-state index is 0.0287. The number of carbonyl (C=O) groups excluding carboxylic acids is 2. The van der Waals surface area contributed by atoms with Crippen LogP contribution in [0.3, 0.4) is 0 Å². The minimum atomic E-state index is -4.85. The molecule has 0 bridgehead atoms. The average molecular weight is 489 g/mol. The minimum Gasteiger partial charge on any atom is -0.462 e. The molecule has 1 N–H and O–H groups in total. The summed E-state index contributed by atoms with van der Waals surface area (Å²) in [6.07, 6.45) is -2.50. The third kappa shape index (κ3) is 5.43. The number of nitrogens with one attached hydrogen (secondary N) is 1. The average Bonchev–Trinajstić information content (AvgIpc) is 3.32. The van der Waals surface area contributed by atoms with Crippen molar-refractivity contribution < 1.29 is 32.2 Å². The van der Waals surface area contributed by atoms with E-state index in [1.54, 1.807) is 12.1 Å². The van der Waals surface area contributed by atoms with Crippen molar-refractivity contribution >= 4 is 23.4 Å². The highest BCUT2D eigenvalue weighted by atomic mass is 19.4. The number of alkyl halides is 3. The first-order valence-corrected chi connectivity index (χ1v) is 10.8. The lowest BCUT2D eigenvalue weighted by molar-refractivity contribution is -0.143. The van der Waals surface area contributed by atoms with Gasteiger partial charge in [-0.1, -0.05) is 0 Å². The van der Waals surface area contributed by atoms with Crippen LogP contribution in [0.4, 0.5) is 24.7 Å². The Morgan fingerprint density at radius 1 is 1.09 bits per heavy atom. The number of aromatic nitrogens is 3. The zero-order valence-corrected chi connectivity index (χ0v) is 18.7. The van der Waals surface area contributed by atoms with E-state index < -0.39 is 29.3 Å². The molecular formula is C23H22F3N5O4. The topological polar surface area (TPSA) is 98.6 Å². The van der Waals surface area contributed by atoms with Crippen LogP contribution in [0.1, 0.15) is 33.3 Å². The third-order valence-electron chi connectivity index (χ3n) is 5.25. The predicted molar refractivity (Wildman–Crippen MR) is 120 cm³/mol. The number of carbonyl (C=O) groups is 2. The van der Waals surface area contributed by atoms with Gasteiger partial charge in [-0.25, -0.2) is 14.5 Å². The highest BCUT2D eigenvalue weighted by molar-refractivity contribution is 6.04. The fraction of sp³-hybridized carbons (Fsp3) is 0.304. The highest BCUT2D eigenvalue weighted by Gasteiger charge is 2.41. The van der Waals surface area contributed by atoms with Crippen LogP contribution in [0.15, 0.2) is 48.8 Å². The lowest BCUT2D eigenvalue weighted by atomic mass is 10.1. The van der Waals surface area contributed by atoms with Crippen LogP contribution in [0.2, 0.25) is 0 Å². The Labute approximate surface area is 198 Å². The number of esters is 1. The number of ether oxygens (including phenoxy) is 2. The van der Waals surface area contributed by atoms with Gasteiger partial charge < -0.3 is 19.7 Å². The molecule has 0 unspecified atom stereocenters. The van der Waals surface area contributed by atoms with E-state index in [1.165, 1.54) is 37.4 Å². The molecule has 0 spiro atoms. The zero-order valence-electron chi connectivity index (χ0n) is 18.7. The molecule has 3 heterocycles. The van der Waals surface area contributed by atoms with Gasteiger partial charge in [-0.3, -0.25) is 4.79 Å². The number of halogens is 3. The van der Waals surface area contributed by atoms with E-state index in [0.29, 0.717) is 23.6 Å². The van der Waals surface area contributed by atoms with Gasteiger partial charge in [0.25, 0.3) is 5.91 Å². The molecule has 35 heavy (non-hydrogen) atoms. The van der Waals surface area contributed by atoms with Crippen molar-refractivity contribution in [3.8, 4) is 5.69 Å². The van der Waals surface area contributed by atoms with Gasteiger partial charge in [-0.15, -0.1) is 0 Å². The molecular weight excluding hydrogens is 467 g/mol. The molecule has 1 saturated heterocycles. The number of pyridine rings is 1. The lowest BCUT2D eigenvalue weighted by Gasteiger charge is -2.27. The van der Waals surface area contributed by atoms with Crippen LogP contribution in [0.5, 0.6) is 0 Å². The first-order chi connectivity index (χ1) is 16.8. The molecule has 12 heteroatoms. The normalized spacial score (nSPS) is 14.0. The summed E-state index contributed by atoms with van der Waals surface area (Å²) < 4.78 is 51.7. The number of amides is 1. The van der Waals surface area contributed by atoms with E-state index in [0.717, 1.165) is 25.1 Å². The smallest absolute Gasteiger partial charge is 0.434 e. The van der Waals surface area contributed by atoms with Gasteiger partial charge in [-0.05, 0) is 43.3 Å². The second kappa shape index (κ2) is 10.1. The molecule has 4 rings (SSSR count). The fourth-order valence-corrected chi connectivity index (χ4v) is 3.57. The molecule has 3 aromatic rings. The summed E-state index contributed by atoms with van der Waals surface area (Å²) in [5.41, 5.74) is -1.21. The standard InChI is InChI=1S/C23H22F3N5O4/c1-2-35-22(33)18-14-28-31(20(18)23(24,25)26)17-6-3-15(4-7-17)21(32)29-16-5-8-19(27-13-16)30-9-11-34-12-10-30/h3-8,13-14H,2,9-12H2,1H3,(H,29,32). The maximum atomic E-state index is 13.7. The number of benzene rings is 1. The first-order valence-electron chi connectivity index (χ1n) is 10.8. The number of hydrogen-bond donors (Lipinski definition) is 1. The predicted octanol–water partition coefficient (Wildman–Crippen LogP) is 3.55. The molecule has 184 valence electrons. The van der Waals surface area contributed by atoms with E-state index in [4.69, 9.17) is 9.47 Å². The molecule has 0 saturated carbocycles. The van der Waals surface area contributed by atoms with Crippen LogP contribution in [0, 0.1) is 0 Å². The Kier molecular flexibility index (Phi) is 7.01. The molecule has 1 amide bonds. The van der Waals surface area contributed by atoms with Gasteiger partial charge in [-0.2, -0.15) is 18.3 Å². The summed E-state index contributed by atoms with van der Waals surface area (Å²) in [5.74, 6) is -0.797. The second-order valence-electron chi connectivity index (χ2n) is 7.54. The SMILES string of the molecule is CCOC(=O)c1cnn(-c2ccc(C(=O)Nc3ccc(N4CCOCC4)nc3)cc2)c1C(F)(F)F. The lowest BCUT2D eigenvalue weighted by Crippen LogP contribution is -2.36. The Balaban J connectivity index is 1.49. The van der Waals surface area contributed by atoms with Crippen LogP contribution in [0.25, 0.3) is 5.69 Å². The van der Waals surface area contributed by atoms with Crippen LogP contribution < -0.4 is 10.2 Å². The van der Waals surface area contributed by atoms with Gasteiger partial charge in [0.15, 0.2) is 5.69 Å². The van der Waals surface area contributed by atoms with Gasteiger partial charge in [0.1, 0.15) is 11.4 Å². The fourth-order valence-electron chi connectivity index (χ4n) is 3.57.